The van der Waals surface area contributed by atoms with Crippen LogP contribution in [0, 0.1) is 5.41 Å². The van der Waals surface area contributed by atoms with Crippen LogP contribution in [0.25, 0.3) is 0 Å². The Balaban J connectivity index is 2.21. The Kier molecular flexibility index (Phi) is 6.09. The minimum atomic E-state index is 0.346. The highest BCUT2D eigenvalue weighted by atomic mass is 32.1. The Bertz CT molecular complexity index is 317. The van der Waals surface area contributed by atoms with Crippen LogP contribution in [0.3, 0.4) is 0 Å². The van der Waals surface area contributed by atoms with E-state index in [1.165, 1.54) is 0 Å². The Morgan fingerprint density at radius 1 is 1.41 bits per heavy atom. The van der Waals surface area contributed by atoms with Gasteiger partial charge in [0.05, 0.1) is 12.3 Å². The lowest BCUT2D eigenvalue weighted by Gasteiger charge is -2.17. The van der Waals surface area contributed by atoms with E-state index in [-0.39, 0.29) is 0 Å². The third-order valence-corrected chi connectivity index (χ3v) is 3.27. The molecule has 0 spiro atoms. The number of nitrogens with zero attached hydrogens (tertiary/aromatic N) is 1. The normalized spacial score (nSPS) is 12.0. The molecule has 0 amide bonds. The molecule has 0 bridgehead atoms. The largest absolute Gasteiger partial charge is 0.375 e. The van der Waals surface area contributed by atoms with Gasteiger partial charge in [-0.25, -0.2) is 4.98 Å². The van der Waals surface area contributed by atoms with Gasteiger partial charge in [-0.2, -0.15) is 0 Å². The molecule has 3 nitrogen and oxygen atoms in total. The number of hydrogen-bond acceptors (Lipinski definition) is 4. The SMILES string of the molecule is CCNCc1nc(COCCC(C)(C)C)cs1. The van der Waals surface area contributed by atoms with Crippen LogP contribution in [0.1, 0.15) is 44.8 Å². The van der Waals surface area contributed by atoms with Gasteiger partial charge >= 0.3 is 0 Å². The summed E-state index contributed by atoms with van der Waals surface area (Å²) < 4.78 is 5.64. The summed E-state index contributed by atoms with van der Waals surface area (Å²) in [5.74, 6) is 0. The van der Waals surface area contributed by atoms with Crippen molar-refractivity contribution in [2.45, 2.75) is 47.3 Å². The Morgan fingerprint density at radius 2 is 2.18 bits per heavy atom. The maximum atomic E-state index is 5.64. The van der Waals surface area contributed by atoms with Gasteiger partial charge in [-0.05, 0) is 18.4 Å². The number of ether oxygens (including phenoxy) is 1. The molecular weight excluding hydrogens is 232 g/mol. The van der Waals surface area contributed by atoms with E-state index < -0.39 is 0 Å². The number of thiazole rings is 1. The van der Waals surface area contributed by atoms with Gasteiger partial charge in [0.2, 0.25) is 0 Å². The molecule has 4 heteroatoms. The average Bonchev–Trinajstić information content (AvgIpc) is 2.68. The highest BCUT2D eigenvalue weighted by Gasteiger charge is 2.09. The van der Waals surface area contributed by atoms with Gasteiger partial charge in [0.25, 0.3) is 0 Å². The maximum absolute atomic E-state index is 5.64. The molecule has 1 rings (SSSR count). The fraction of sp³-hybridized carbons (Fsp3) is 0.769. The molecule has 0 aromatic carbocycles. The van der Waals surface area contributed by atoms with Gasteiger partial charge in [0.15, 0.2) is 0 Å². The fourth-order valence-electron chi connectivity index (χ4n) is 1.28. The van der Waals surface area contributed by atoms with Crippen LogP contribution in [0.5, 0.6) is 0 Å². The summed E-state index contributed by atoms with van der Waals surface area (Å²) in [5.41, 5.74) is 1.40. The van der Waals surface area contributed by atoms with Crippen LogP contribution < -0.4 is 5.32 Å². The van der Waals surface area contributed by atoms with Crippen molar-refractivity contribution in [1.29, 1.82) is 0 Å². The molecule has 0 saturated carbocycles. The van der Waals surface area contributed by atoms with Crippen molar-refractivity contribution >= 4 is 11.3 Å². The molecule has 1 aromatic rings. The minimum absolute atomic E-state index is 0.346. The molecule has 0 atom stereocenters. The van der Waals surface area contributed by atoms with Crippen LogP contribution in [0.4, 0.5) is 0 Å². The third-order valence-electron chi connectivity index (χ3n) is 2.37. The molecule has 0 radical (unpaired) electrons. The predicted molar refractivity (Wildman–Crippen MR) is 73.2 cm³/mol. The lowest BCUT2D eigenvalue weighted by atomic mass is 9.93. The van der Waals surface area contributed by atoms with E-state index >= 15 is 0 Å². The molecule has 1 heterocycles. The zero-order valence-electron chi connectivity index (χ0n) is 11.4. The van der Waals surface area contributed by atoms with Gasteiger partial charge < -0.3 is 10.1 Å². The van der Waals surface area contributed by atoms with Crippen molar-refractivity contribution in [1.82, 2.24) is 10.3 Å². The number of hydrogen-bond donors (Lipinski definition) is 1. The van der Waals surface area contributed by atoms with E-state index in [2.05, 4.69) is 43.4 Å². The van der Waals surface area contributed by atoms with E-state index in [0.29, 0.717) is 12.0 Å². The van der Waals surface area contributed by atoms with Crippen LogP contribution in [0.2, 0.25) is 0 Å². The first-order chi connectivity index (χ1) is 8.01. The molecule has 0 unspecified atom stereocenters. The molecule has 0 aliphatic rings. The first-order valence-electron chi connectivity index (χ1n) is 6.23. The van der Waals surface area contributed by atoms with Crippen LogP contribution in [-0.2, 0) is 17.9 Å². The van der Waals surface area contributed by atoms with Gasteiger partial charge in [-0.15, -0.1) is 11.3 Å². The average molecular weight is 256 g/mol. The Hall–Kier alpha value is -0.450. The monoisotopic (exact) mass is 256 g/mol. The molecular formula is C13H24N2OS. The van der Waals surface area contributed by atoms with Crippen molar-refractivity contribution in [3.63, 3.8) is 0 Å². The van der Waals surface area contributed by atoms with E-state index in [1.807, 2.05) is 0 Å². The zero-order valence-corrected chi connectivity index (χ0v) is 12.2. The third kappa shape index (κ3) is 6.76. The van der Waals surface area contributed by atoms with Crippen molar-refractivity contribution in [2.75, 3.05) is 13.2 Å². The number of rotatable bonds is 7. The zero-order chi connectivity index (χ0) is 12.7. The second-order valence-corrected chi connectivity index (χ2v) is 6.32. The second-order valence-electron chi connectivity index (χ2n) is 5.38. The summed E-state index contributed by atoms with van der Waals surface area (Å²) in [6.45, 7) is 12.1. The molecule has 98 valence electrons. The van der Waals surface area contributed by atoms with E-state index in [9.17, 15) is 0 Å². The summed E-state index contributed by atoms with van der Waals surface area (Å²) >= 11 is 1.70. The van der Waals surface area contributed by atoms with Crippen LogP contribution in [-0.4, -0.2) is 18.1 Å². The summed E-state index contributed by atoms with van der Waals surface area (Å²) in [4.78, 5) is 4.51. The lowest BCUT2D eigenvalue weighted by molar-refractivity contribution is 0.0943. The molecule has 0 saturated heterocycles. The van der Waals surface area contributed by atoms with Gasteiger partial charge in [0, 0.05) is 18.5 Å². The van der Waals surface area contributed by atoms with Crippen molar-refractivity contribution < 1.29 is 4.74 Å². The maximum Gasteiger partial charge on any atom is 0.107 e. The first kappa shape index (κ1) is 14.6. The quantitative estimate of drug-likeness (QED) is 0.761. The van der Waals surface area contributed by atoms with Gasteiger partial charge in [0.1, 0.15) is 5.01 Å². The van der Waals surface area contributed by atoms with Gasteiger partial charge in [-0.3, -0.25) is 0 Å². The molecule has 17 heavy (non-hydrogen) atoms. The molecule has 0 aliphatic carbocycles. The van der Waals surface area contributed by atoms with Crippen LogP contribution in [0.15, 0.2) is 5.38 Å². The topological polar surface area (TPSA) is 34.2 Å². The van der Waals surface area contributed by atoms with Crippen LogP contribution >= 0.6 is 11.3 Å². The van der Waals surface area contributed by atoms with E-state index in [4.69, 9.17) is 4.74 Å². The fourth-order valence-corrected chi connectivity index (χ4v) is 2.03. The molecule has 0 fully saturated rings. The highest BCUT2D eigenvalue weighted by molar-refractivity contribution is 7.09. The highest BCUT2D eigenvalue weighted by Crippen LogP contribution is 2.18. The van der Waals surface area contributed by atoms with Gasteiger partial charge in [-0.1, -0.05) is 27.7 Å². The first-order valence-corrected chi connectivity index (χ1v) is 7.11. The molecule has 1 aromatic heterocycles. The minimum Gasteiger partial charge on any atom is -0.375 e. The Labute approximate surface area is 109 Å². The van der Waals surface area contributed by atoms with Crippen molar-refractivity contribution in [3.8, 4) is 0 Å². The van der Waals surface area contributed by atoms with Crippen molar-refractivity contribution in [3.05, 3.63) is 16.1 Å². The molecule has 0 aliphatic heterocycles. The second kappa shape index (κ2) is 7.09. The summed E-state index contributed by atoms with van der Waals surface area (Å²) in [6.07, 6.45) is 1.08. The summed E-state index contributed by atoms with van der Waals surface area (Å²) in [5, 5.41) is 6.50. The number of aromatic nitrogens is 1. The summed E-state index contributed by atoms with van der Waals surface area (Å²) in [7, 11) is 0. The van der Waals surface area contributed by atoms with Crippen molar-refractivity contribution in [2.24, 2.45) is 5.41 Å². The van der Waals surface area contributed by atoms with E-state index in [1.54, 1.807) is 11.3 Å². The lowest BCUT2D eigenvalue weighted by Crippen LogP contribution is -2.11. The standard InChI is InChI=1S/C13H24N2OS/c1-5-14-8-12-15-11(10-17-12)9-16-7-6-13(2,3)4/h10,14H,5-9H2,1-4H3. The smallest absolute Gasteiger partial charge is 0.107 e. The van der Waals surface area contributed by atoms with E-state index in [0.717, 1.165) is 36.8 Å². The number of nitrogens with one attached hydrogen (secondary N) is 1. The molecule has 1 N–H and O–H groups in total. The predicted octanol–water partition coefficient (Wildman–Crippen LogP) is 3.21. The summed E-state index contributed by atoms with van der Waals surface area (Å²) in [6, 6.07) is 0. The Morgan fingerprint density at radius 3 is 2.82 bits per heavy atom.